The van der Waals surface area contributed by atoms with E-state index in [1.54, 1.807) is 18.3 Å². The Morgan fingerprint density at radius 3 is 2.73 bits per heavy atom. The summed E-state index contributed by atoms with van der Waals surface area (Å²) in [6.45, 7) is 2.12. The minimum atomic E-state index is -0.269. The Hall–Kier alpha value is -3.06. The zero-order valence-electron chi connectivity index (χ0n) is 16.6. The van der Waals surface area contributed by atoms with E-state index in [0.29, 0.717) is 19.0 Å². The smallest absolute Gasteiger partial charge is 0.228 e. The Morgan fingerprint density at radius 2 is 1.93 bits per heavy atom. The molecule has 1 fully saturated rings. The predicted octanol–water partition coefficient (Wildman–Crippen LogP) is 4.06. The third-order valence-corrected chi connectivity index (χ3v) is 5.85. The van der Waals surface area contributed by atoms with Gasteiger partial charge in [0, 0.05) is 48.7 Å². The molecule has 1 aromatic carbocycles. The van der Waals surface area contributed by atoms with Crippen LogP contribution < -0.4 is 5.32 Å². The van der Waals surface area contributed by atoms with Gasteiger partial charge in [-0.2, -0.15) is 5.10 Å². The molecule has 2 aliphatic heterocycles. The van der Waals surface area contributed by atoms with Gasteiger partial charge in [-0.15, -0.1) is 0 Å². The first-order chi connectivity index (χ1) is 14.7. The highest BCUT2D eigenvalue weighted by atomic mass is 19.1. The Labute approximate surface area is 174 Å². The molecule has 1 saturated heterocycles. The van der Waals surface area contributed by atoms with Crippen LogP contribution in [0.2, 0.25) is 0 Å². The van der Waals surface area contributed by atoms with Crippen molar-refractivity contribution >= 4 is 11.7 Å². The lowest BCUT2D eigenvalue weighted by molar-refractivity contribution is -0.122. The number of anilines is 1. The summed E-state index contributed by atoms with van der Waals surface area (Å²) in [6, 6.07) is 10.3. The summed E-state index contributed by atoms with van der Waals surface area (Å²) in [5, 5.41) is 7.77. The van der Waals surface area contributed by atoms with Crippen LogP contribution in [0.3, 0.4) is 0 Å². The van der Waals surface area contributed by atoms with Gasteiger partial charge in [-0.3, -0.25) is 9.48 Å². The molecule has 3 aromatic rings. The summed E-state index contributed by atoms with van der Waals surface area (Å²) < 4.78 is 20.8. The van der Waals surface area contributed by atoms with E-state index >= 15 is 0 Å². The highest BCUT2D eigenvalue weighted by Crippen LogP contribution is 2.38. The lowest BCUT2D eigenvalue weighted by atomic mass is 9.98. The number of aryl methyl sites for hydroxylation is 1. The second-order valence-corrected chi connectivity index (χ2v) is 7.81. The number of ether oxygens (including phenoxy) is 1. The minimum Gasteiger partial charge on any atom is -0.381 e. The molecule has 0 aliphatic carbocycles. The monoisotopic (exact) mass is 406 g/mol. The first-order valence-corrected chi connectivity index (χ1v) is 10.4. The lowest BCUT2D eigenvalue weighted by Gasteiger charge is -2.21. The summed E-state index contributed by atoms with van der Waals surface area (Å²) >= 11 is 0. The number of carbonyl (C=O) groups is 1. The molecule has 6 nitrogen and oxygen atoms in total. The number of nitrogens with one attached hydrogen (secondary N) is 1. The van der Waals surface area contributed by atoms with Crippen molar-refractivity contribution in [2.24, 2.45) is 5.92 Å². The second-order valence-electron chi connectivity index (χ2n) is 7.81. The first-order valence-electron chi connectivity index (χ1n) is 10.4. The number of benzene rings is 1. The van der Waals surface area contributed by atoms with Gasteiger partial charge in [-0.05, 0) is 67.6 Å². The average Bonchev–Trinajstić information content (AvgIpc) is 3.36. The van der Waals surface area contributed by atoms with E-state index < -0.39 is 0 Å². The summed E-state index contributed by atoms with van der Waals surface area (Å²) in [7, 11) is 0. The fraction of sp³-hybridized carbons (Fsp3) is 0.348. The van der Waals surface area contributed by atoms with Crippen molar-refractivity contribution in [1.82, 2.24) is 14.8 Å². The molecule has 0 bridgehead atoms. The molecular weight excluding hydrogens is 383 g/mol. The third kappa shape index (κ3) is 3.61. The summed E-state index contributed by atoms with van der Waals surface area (Å²) in [5.74, 6) is 0.211. The van der Waals surface area contributed by atoms with Crippen molar-refractivity contribution in [3.8, 4) is 22.4 Å². The highest BCUT2D eigenvalue weighted by molar-refractivity contribution is 5.93. The number of rotatable bonds is 4. The van der Waals surface area contributed by atoms with Crippen molar-refractivity contribution in [2.45, 2.75) is 32.2 Å². The molecule has 0 spiro atoms. The summed E-state index contributed by atoms with van der Waals surface area (Å²) in [4.78, 5) is 17.0. The Morgan fingerprint density at radius 1 is 1.13 bits per heavy atom. The highest BCUT2D eigenvalue weighted by Gasteiger charge is 2.25. The van der Waals surface area contributed by atoms with E-state index in [0.717, 1.165) is 54.6 Å². The number of carbonyl (C=O) groups excluding carboxylic acids is 1. The molecule has 1 N–H and O–H groups in total. The van der Waals surface area contributed by atoms with Gasteiger partial charge in [0.05, 0.1) is 0 Å². The molecule has 5 rings (SSSR count). The van der Waals surface area contributed by atoms with Crippen molar-refractivity contribution in [1.29, 1.82) is 0 Å². The average molecular weight is 406 g/mol. The van der Waals surface area contributed by atoms with E-state index in [9.17, 15) is 9.18 Å². The van der Waals surface area contributed by atoms with Crippen molar-refractivity contribution in [3.05, 3.63) is 54.1 Å². The molecule has 154 valence electrons. The molecule has 0 atom stereocenters. The van der Waals surface area contributed by atoms with Gasteiger partial charge >= 0.3 is 0 Å². The van der Waals surface area contributed by atoms with Crippen LogP contribution in [0.5, 0.6) is 0 Å². The topological polar surface area (TPSA) is 69.0 Å². The fourth-order valence-electron chi connectivity index (χ4n) is 4.29. The van der Waals surface area contributed by atoms with Gasteiger partial charge in [0.2, 0.25) is 5.91 Å². The van der Waals surface area contributed by atoms with Crippen LogP contribution in [0.1, 0.15) is 25.0 Å². The molecule has 0 radical (unpaired) electrons. The number of nitrogens with zero attached hydrogens (tertiary/aromatic N) is 3. The van der Waals surface area contributed by atoms with Crippen molar-refractivity contribution < 1.29 is 13.9 Å². The minimum absolute atomic E-state index is 0.0121. The van der Waals surface area contributed by atoms with E-state index in [4.69, 9.17) is 9.84 Å². The van der Waals surface area contributed by atoms with E-state index in [1.165, 1.54) is 17.8 Å². The predicted molar refractivity (Wildman–Crippen MR) is 111 cm³/mol. The maximum atomic E-state index is 13.4. The first kappa shape index (κ1) is 18.9. The van der Waals surface area contributed by atoms with Crippen molar-refractivity contribution in [3.63, 3.8) is 0 Å². The quantitative estimate of drug-likeness (QED) is 0.709. The number of hydrogen-bond donors (Lipinski definition) is 1. The largest absolute Gasteiger partial charge is 0.381 e. The maximum absolute atomic E-state index is 13.4. The zero-order chi connectivity index (χ0) is 20.5. The third-order valence-electron chi connectivity index (χ3n) is 5.85. The normalized spacial score (nSPS) is 16.4. The molecule has 4 heterocycles. The molecule has 0 unspecified atom stereocenters. The Bertz CT molecular complexity index is 1070. The molecule has 30 heavy (non-hydrogen) atoms. The van der Waals surface area contributed by atoms with Gasteiger partial charge in [0.25, 0.3) is 0 Å². The molecule has 0 saturated carbocycles. The number of fused-ring (bicyclic) bond motifs is 1. The van der Waals surface area contributed by atoms with Crippen LogP contribution in [-0.2, 0) is 22.5 Å². The van der Waals surface area contributed by atoms with Gasteiger partial charge in [-0.25, -0.2) is 9.37 Å². The van der Waals surface area contributed by atoms with Gasteiger partial charge in [0.15, 0.2) is 0 Å². The maximum Gasteiger partial charge on any atom is 0.228 e. The van der Waals surface area contributed by atoms with Crippen LogP contribution in [0.25, 0.3) is 22.4 Å². The second kappa shape index (κ2) is 7.99. The number of pyridine rings is 1. The Kier molecular flexibility index (Phi) is 5.04. The number of amides is 1. The van der Waals surface area contributed by atoms with Crippen molar-refractivity contribution in [2.75, 3.05) is 18.5 Å². The fourth-order valence-corrected chi connectivity index (χ4v) is 4.29. The van der Waals surface area contributed by atoms with E-state index in [1.807, 2.05) is 16.8 Å². The van der Waals surface area contributed by atoms with Gasteiger partial charge in [-0.1, -0.05) is 0 Å². The van der Waals surface area contributed by atoms with E-state index in [-0.39, 0.29) is 17.6 Å². The van der Waals surface area contributed by atoms with Gasteiger partial charge < -0.3 is 10.1 Å². The lowest BCUT2D eigenvalue weighted by Crippen LogP contribution is -2.28. The number of halogens is 1. The molecule has 2 aromatic heterocycles. The van der Waals surface area contributed by atoms with Crippen LogP contribution in [0, 0.1) is 11.7 Å². The standard InChI is InChI=1S/C23H23FN4O2/c24-18-5-3-15(4-6-18)22-21(19-2-1-11-28(19)27-22)17-7-10-25-20(14-17)26-23(29)16-8-12-30-13-9-16/h3-7,10,14,16H,1-2,8-9,11-13H2,(H,25,26,29). The molecular formula is C23H23FN4O2. The molecule has 1 amide bonds. The number of aromatic nitrogens is 3. The molecule has 7 heteroatoms. The Balaban J connectivity index is 1.49. The van der Waals surface area contributed by atoms with Crippen LogP contribution in [-0.4, -0.2) is 33.9 Å². The van der Waals surface area contributed by atoms with Gasteiger partial charge in [0.1, 0.15) is 17.3 Å². The molecule has 2 aliphatic rings. The van der Waals surface area contributed by atoms with Crippen LogP contribution in [0.15, 0.2) is 42.6 Å². The van der Waals surface area contributed by atoms with Crippen LogP contribution in [0.4, 0.5) is 10.2 Å². The zero-order valence-corrected chi connectivity index (χ0v) is 16.6. The van der Waals surface area contributed by atoms with Crippen LogP contribution >= 0.6 is 0 Å². The van der Waals surface area contributed by atoms with E-state index in [2.05, 4.69) is 10.3 Å². The SMILES string of the molecule is O=C(Nc1cc(-c2c(-c3ccc(F)cc3)nn3c2CCC3)ccn1)C1CCOCC1. The summed E-state index contributed by atoms with van der Waals surface area (Å²) in [6.07, 6.45) is 5.17. The summed E-state index contributed by atoms with van der Waals surface area (Å²) in [5.41, 5.74) is 4.86. The number of hydrogen-bond acceptors (Lipinski definition) is 4.